The number of nitrogens with zero attached hydrogens (tertiary/aromatic N) is 4. The van der Waals surface area contributed by atoms with E-state index >= 15 is 0 Å². The molecule has 0 N–H and O–H groups in total. The summed E-state index contributed by atoms with van der Waals surface area (Å²) in [5.41, 5.74) is 0.909. The average Bonchev–Trinajstić information content (AvgIpc) is 3.14. The molecule has 4 rings (SSSR count). The molecule has 0 fully saturated rings. The van der Waals surface area contributed by atoms with Crippen LogP contribution in [0.25, 0.3) is 16.7 Å². The predicted molar refractivity (Wildman–Crippen MR) is 112 cm³/mol. The molecule has 0 radical (unpaired) electrons. The lowest BCUT2D eigenvalue weighted by Crippen LogP contribution is -2.24. The molecule has 0 aliphatic rings. The lowest BCUT2D eigenvalue weighted by Gasteiger charge is -2.14. The van der Waals surface area contributed by atoms with E-state index in [9.17, 15) is 13.6 Å². The zero-order valence-corrected chi connectivity index (χ0v) is 17.3. The van der Waals surface area contributed by atoms with Gasteiger partial charge in [-0.25, -0.2) is 8.78 Å². The largest absolute Gasteiger partial charge is 0.385 e. The van der Waals surface area contributed by atoms with Gasteiger partial charge in [-0.3, -0.25) is 13.8 Å². The van der Waals surface area contributed by atoms with Crippen LogP contribution in [0.2, 0.25) is 0 Å². The Bertz CT molecular complexity index is 1270. The van der Waals surface area contributed by atoms with Gasteiger partial charge >= 0.3 is 0 Å². The van der Waals surface area contributed by atoms with Crippen molar-refractivity contribution in [2.24, 2.45) is 0 Å². The van der Waals surface area contributed by atoms with Crippen molar-refractivity contribution >= 4 is 28.4 Å². The molecule has 1 unspecified atom stereocenters. The van der Waals surface area contributed by atoms with Gasteiger partial charge in [0.25, 0.3) is 5.56 Å². The molecule has 4 aromatic rings. The Morgan fingerprint density at radius 3 is 2.73 bits per heavy atom. The van der Waals surface area contributed by atoms with Gasteiger partial charge in [0.2, 0.25) is 5.78 Å². The molecule has 0 bridgehead atoms. The summed E-state index contributed by atoms with van der Waals surface area (Å²) >= 11 is 1.30. The zero-order valence-electron chi connectivity index (χ0n) is 16.5. The van der Waals surface area contributed by atoms with Crippen LogP contribution in [-0.2, 0) is 11.3 Å². The number of rotatable bonds is 7. The minimum Gasteiger partial charge on any atom is -0.385 e. The zero-order chi connectivity index (χ0) is 21.3. The molecule has 9 heteroatoms. The molecule has 156 valence electrons. The fourth-order valence-electron chi connectivity index (χ4n) is 3.43. The number of para-hydroxylation sites is 1. The molecule has 0 aliphatic heterocycles. The summed E-state index contributed by atoms with van der Waals surface area (Å²) in [7, 11) is 1.61. The highest BCUT2D eigenvalue weighted by Gasteiger charge is 2.20. The number of ether oxygens (including phenoxy) is 1. The lowest BCUT2D eigenvalue weighted by atomic mass is 10.1. The topological polar surface area (TPSA) is 61.4 Å². The molecule has 2 aromatic heterocycles. The van der Waals surface area contributed by atoms with Crippen LogP contribution in [0.15, 0.2) is 52.4 Å². The Kier molecular flexibility index (Phi) is 5.83. The van der Waals surface area contributed by atoms with E-state index in [1.165, 1.54) is 23.9 Å². The Balaban J connectivity index is 1.82. The van der Waals surface area contributed by atoms with E-state index in [1.807, 2.05) is 29.5 Å². The number of halogens is 2. The second-order valence-corrected chi connectivity index (χ2v) is 8.17. The van der Waals surface area contributed by atoms with Crippen molar-refractivity contribution in [3.05, 3.63) is 70.0 Å². The summed E-state index contributed by atoms with van der Waals surface area (Å²) in [6.07, 6.45) is 0.650. The van der Waals surface area contributed by atoms with E-state index in [1.54, 1.807) is 17.7 Å². The van der Waals surface area contributed by atoms with Crippen LogP contribution in [0.4, 0.5) is 8.78 Å². The molecule has 0 spiro atoms. The van der Waals surface area contributed by atoms with Gasteiger partial charge in [0, 0.05) is 37.1 Å². The van der Waals surface area contributed by atoms with Crippen molar-refractivity contribution < 1.29 is 13.5 Å². The van der Waals surface area contributed by atoms with E-state index in [4.69, 9.17) is 4.74 Å². The highest BCUT2D eigenvalue weighted by Crippen LogP contribution is 2.36. The molecule has 6 nitrogen and oxygen atoms in total. The first-order valence-electron chi connectivity index (χ1n) is 9.48. The van der Waals surface area contributed by atoms with Crippen molar-refractivity contribution in [2.75, 3.05) is 13.7 Å². The molecule has 2 heterocycles. The van der Waals surface area contributed by atoms with Gasteiger partial charge in [-0.2, -0.15) is 0 Å². The van der Waals surface area contributed by atoms with Gasteiger partial charge in [0.15, 0.2) is 5.16 Å². The Hall–Kier alpha value is -2.78. The molecular formula is C21H20F2N4O2S. The van der Waals surface area contributed by atoms with Crippen LogP contribution in [0.5, 0.6) is 0 Å². The van der Waals surface area contributed by atoms with Crippen molar-refractivity contribution in [3.63, 3.8) is 0 Å². The Morgan fingerprint density at radius 2 is 1.97 bits per heavy atom. The minimum absolute atomic E-state index is 0.143. The number of hydrogen-bond acceptors (Lipinski definition) is 5. The number of thioether (sulfide) groups is 1. The maximum absolute atomic E-state index is 14.2. The highest BCUT2D eigenvalue weighted by atomic mass is 32.2. The standard InChI is InChI=1S/C21H20F2N4O2S/c1-13(15-9-8-14(22)12-17(15)23)30-21-25-24-20-26(10-5-11-29-2)19(28)16-6-3-4-7-18(16)27(20)21/h3-4,6-9,12-13H,5,10-11H2,1-2H3. The van der Waals surface area contributed by atoms with Crippen molar-refractivity contribution in [2.45, 2.75) is 30.3 Å². The third kappa shape index (κ3) is 3.70. The molecule has 2 aromatic carbocycles. The minimum atomic E-state index is -0.618. The summed E-state index contributed by atoms with van der Waals surface area (Å²) in [4.78, 5) is 13.0. The van der Waals surface area contributed by atoms with Crippen LogP contribution >= 0.6 is 11.8 Å². The summed E-state index contributed by atoms with van der Waals surface area (Å²) in [5, 5.41) is 9.26. The molecule has 0 saturated carbocycles. The number of aryl methyl sites for hydroxylation is 1. The second-order valence-electron chi connectivity index (χ2n) is 6.86. The van der Waals surface area contributed by atoms with Crippen LogP contribution in [0, 0.1) is 11.6 Å². The van der Waals surface area contributed by atoms with Gasteiger partial charge in [-0.1, -0.05) is 30.0 Å². The monoisotopic (exact) mass is 430 g/mol. The van der Waals surface area contributed by atoms with Crippen molar-refractivity contribution in [1.29, 1.82) is 0 Å². The molecular weight excluding hydrogens is 410 g/mol. The number of benzene rings is 2. The molecule has 0 aliphatic carbocycles. The van der Waals surface area contributed by atoms with Crippen LogP contribution in [0.3, 0.4) is 0 Å². The summed E-state index contributed by atoms with van der Waals surface area (Å²) in [5.74, 6) is -0.804. The quantitative estimate of drug-likeness (QED) is 0.325. The number of methoxy groups -OCH3 is 1. The van der Waals surface area contributed by atoms with E-state index in [2.05, 4.69) is 10.2 Å². The first-order valence-corrected chi connectivity index (χ1v) is 10.4. The molecule has 1 atom stereocenters. The van der Waals surface area contributed by atoms with Gasteiger partial charge in [0.05, 0.1) is 10.9 Å². The Morgan fingerprint density at radius 1 is 1.17 bits per heavy atom. The molecule has 0 amide bonds. The number of hydrogen-bond donors (Lipinski definition) is 0. The van der Waals surface area contributed by atoms with E-state index in [0.717, 1.165) is 6.07 Å². The fourth-order valence-corrected chi connectivity index (χ4v) is 4.44. The normalized spacial score (nSPS) is 12.7. The van der Waals surface area contributed by atoms with E-state index in [0.29, 0.717) is 47.0 Å². The van der Waals surface area contributed by atoms with Gasteiger partial charge in [-0.05, 0) is 31.5 Å². The van der Waals surface area contributed by atoms with Crippen molar-refractivity contribution in [3.8, 4) is 0 Å². The van der Waals surface area contributed by atoms with Crippen LogP contribution in [0.1, 0.15) is 24.2 Å². The summed E-state index contributed by atoms with van der Waals surface area (Å²) in [6, 6.07) is 10.8. The maximum Gasteiger partial charge on any atom is 0.262 e. The first-order chi connectivity index (χ1) is 14.5. The maximum atomic E-state index is 14.2. The Labute approximate surface area is 175 Å². The van der Waals surface area contributed by atoms with E-state index in [-0.39, 0.29) is 10.8 Å². The smallest absolute Gasteiger partial charge is 0.262 e. The second kappa shape index (κ2) is 8.53. The van der Waals surface area contributed by atoms with Gasteiger partial charge < -0.3 is 4.74 Å². The van der Waals surface area contributed by atoms with E-state index < -0.39 is 11.6 Å². The van der Waals surface area contributed by atoms with Crippen molar-refractivity contribution in [1.82, 2.24) is 19.2 Å². The van der Waals surface area contributed by atoms with Crippen LogP contribution < -0.4 is 5.56 Å². The SMILES string of the molecule is COCCCn1c(=O)c2ccccc2n2c(SC(C)c3ccc(F)cc3F)nnc12. The molecule has 30 heavy (non-hydrogen) atoms. The van der Waals surface area contributed by atoms with Gasteiger partial charge in [0.1, 0.15) is 11.6 Å². The predicted octanol–water partition coefficient (Wildman–Crippen LogP) is 4.21. The van der Waals surface area contributed by atoms with Gasteiger partial charge in [-0.15, -0.1) is 10.2 Å². The summed E-state index contributed by atoms with van der Waals surface area (Å²) in [6.45, 7) is 2.77. The molecule has 0 saturated heterocycles. The lowest BCUT2D eigenvalue weighted by molar-refractivity contribution is 0.190. The third-order valence-electron chi connectivity index (χ3n) is 4.89. The van der Waals surface area contributed by atoms with Crippen LogP contribution in [-0.4, -0.2) is 32.9 Å². The third-order valence-corrected chi connectivity index (χ3v) is 5.97. The summed E-state index contributed by atoms with van der Waals surface area (Å²) < 4.78 is 36.0. The average molecular weight is 430 g/mol. The fraction of sp³-hybridized carbons (Fsp3) is 0.286. The first kappa shape index (κ1) is 20.5. The number of fused-ring (bicyclic) bond motifs is 3. The number of aromatic nitrogens is 4. The highest BCUT2D eigenvalue weighted by molar-refractivity contribution is 7.99.